The molecule has 8 heteroatoms. The molecule has 3 rings (SSSR count). The molecule has 1 amide bonds. The van der Waals surface area contributed by atoms with Gasteiger partial charge in [0.25, 0.3) is 0 Å². The normalized spacial score (nSPS) is 15.2. The number of nitrogens with one attached hydrogen (secondary N) is 2. The number of hydrogen-bond acceptors (Lipinski definition) is 6. The second kappa shape index (κ2) is 7.63. The average Bonchev–Trinajstić information content (AvgIpc) is 3.25. The first kappa shape index (κ1) is 16.0. The van der Waals surface area contributed by atoms with E-state index in [4.69, 9.17) is 4.52 Å². The number of hydrogen-bond donors (Lipinski definition) is 2. The first-order valence-corrected chi connectivity index (χ1v) is 8.95. The lowest BCUT2D eigenvalue weighted by molar-refractivity contribution is -0.113. The lowest BCUT2D eigenvalue weighted by atomic mass is 10.0. The Morgan fingerprint density at radius 2 is 2.30 bits per heavy atom. The van der Waals surface area contributed by atoms with Gasteiger partial charge in [-0.25, -0.2) is 4.98 Å². The summed E-state index contributed by atoms with van der Waals surface area (Å²) < 4.78 is 4.90. The number of nitrogens with zero attached hydrogens (tertiary/aromatic N) is 3. The molecule has 1 aliphatic rings. The van der Waals surface area contributed by atoms with Crippen molar-refractivity contribution in [3.63, 3.8) is 0 Å². The molecule has 0 radical (unpaired) electrons. The number of amides is 1. The molecule has 0 unspecified atom stereocenters. The van der Waals surface area contributed by atoms with Crippen LogP contribution in [0.25, 0.3) is 0 Å². The quantitative estimate of drug-likeness (QED) is 0.755. The highest BCUT2D eigenvalue weighted by Gasteiger charge is 2.16. The van der Waals surface area contributed by atoms with Crippen molar-refractivity contribution in [2.24, 2.45) is 5.92 Å². The molecular weight excluding hydrogens is 314 g/mol. The van der Waals surface area contributed by atoms with Gasteiger partial charge in [-0.05, 0) is 19.3 Å². The van der Waals surface area contributed by atoms with Crippen molar-refractivity contribution in [3.8, 4) is 0 Å². The second-order valence-corrected chi connectivity index (χ2v) is 6.86. The molecule has 0 aliphatic heterocycles. The zero-order chi connectivity index (χ0) is 16.1. The van der Waals surface area contributed by atoms with E-state index in [-0.39, 0.29) is 11.7 Å². The van der Waals surface area contributed by atoms with Crippen molar-refractivity contribution >= 4 is 23.5 Å². The predicted octanol–water partition coefficient (Wildman–Crippen LogP) is 2.95. The van der Waals surface area contributed by atoms with E-state index in [1.54, 1.807) is 13.0 Å². The molecular formula is C15H21N5O2S. The van der Waals surface area contributed by atoms with E-state index in [0.717, 1.165) is 18.2 Å². The van der Waals surface area contributed by atoms with Crippen molar-refractivity contribution in [1.29, 1.82) is 0 Å². The summed E-state index contributed by atoms with van der Waals surface area (Å²) in [5.74, 6) is 2.93. The average molecular weight is 335 g/mol. The van der Waals surface area contributed by atoms with Gasteiger partial charge in [0.05, 0.1) is 5.75 Å². The summed E-state index contributed by atoms with van der Waals surface area (Å²) in [7, 11) is 0. The summed E-state index contributed by atoms with van der Waals surface area (Å²) in [5, 5.41) is 14.1. The molecule has 23 heavy (non-hydrogen) atoms. The zero-order valence-corrected chi connectivity index (χ0v) is 14.0. The number of carbonyl (C=O) groups is 1. The van der Waals surface area contributed by atoms with Gasteiger partial charge in [-0.2, -0.15) is 0 Å². The largest absolute Gasteiger partial charge is 0.360 e. The molecule has 1 aliphatic carbocycles. The second-order valence-electron chi connectivity index (χ2n) is 5.91. The smallest absolute Gasteiger partial charge is 0.236 e. The van der Waals surface area contributed by atoms with Crippen LogP contribution in [0.3, 0.4) is 0 Å². The van der Waals surface area contributed by atoms with E-state index in [1.807, 2.05) is 0 Å². The van der Waals surface area contributed by atoms with Crippen molar-refractivity contribution in [2.45, 2.75) is 50.6 Å². The molecule has 7 nitrogen and oxygen atoms in total. The minimum atomic E-state index is -0.152. The van der Waals surface area contributed by atoms with Crippen molar-refractivity contribution in [1.82, 2.24) is 20.3 Å². The minimum Gasteiger partial charge on any atom is -0.360 e. The maximum Gasteiger partial charge on any atom is 0.236 e. The monoisotopic (exact) mass is 335 g/mol. The van der Waals surface area contributed by atoms with Crippen LogP contribution in [0.5, 0.6) is 0 Å². The molecule has 1 fully saturated rings. The Morgan fingerprint density at radius 3 is 3.04 bits per heavy atom. The van der Waals surface area contributed by atoms with Gasteiger partial charge in [-0.15, -0.1) is 5.10 Å². The van der Waals surface area contributed by atoms with E-state index in [1.165, 1.54) is 43.9 Å². The number of rotatable bonds is 7. The fourth-order valence-corrected chi connectivity index (χ4v) is 3.45. The fraction of sp³-hybridized carbons (Fsp3) is 0.600. The standard InChI is InChI=1S/C15H21N5O2S/c1-10-8-13(20-22-10)16-14(21)9-23-15-17-12(18-19-15)7-6-11-4-2-3-5-11/h8,11H,2-7,9H2,1H3,(H,16,20,21)(H,17,18,19). The van der Waals surface area contributed by atoms with E-state index < -0.39 is 0 Å². The SMILES string of the molecule is Cc1cc(NC(=O)CSc2n[nH]c(CCC3CCCC3)n2)no1. The van der Waals surface area contributed by atoms with Crippen LogP contribution in [0.2, 0.25) is 0 Å². The summed E-state index contributed by atoms with van der Waals surface area (Å²) in [5.41, 5.74) is 0. The fourth-order valence-electron chi connectivity index (χ4n) is 2.83. The molecule has 0 bridgehead atoms. The minimum absolute atomic E-state index is 0.152. The molecule has 0 atom stereocenters. The van der Waals surface area contributed by atoms with Crippen LogP contribution in [0.1, 0.15) is 43.7 Å². The summed E-state index contributed by atoms with van der Waals surface area (Å²) >= 11 is 1.31. The molecule has 1 saturated carbocycles. The molecule has 2 aromatic rings. The van der Waals surface area contributed by atoms with Gasteiger partial charge in [0.1, 0.15) is 11.6 Å². The third kappa shape index (κ3) is 4.82. The number of aryl methyl sites for hydroxylation is 2. The zero-order valence-electron chi connectivity index (χ0n) is 13.2. The Bertz CT molecular complexity index is 648. The van der Waals surface area contributed by atoms with E-state index >= 15 is 0 Å². The maximum atomic E-state index is 11.8. The van der Waals surface area contributed by atoms with Crippen molar-refractivity contribution < 1.29 is 9.32 Å². The van der Waals surface area contributed by atoms with Gasteiger partial charge in [0, 0.05) is 12.5 Å². The molecule has 2 aromatic heterocycles. The molecule has 0 saturated heterocycles. The van der Waals surface area contributed by atoms with E-state index in [0.29, 0.717) is 16.7 Å². The van der Waals surface area contributed by atoms with Crippen LogP contribution in [-0.2, 0) is 11.2 Å². The number of aromatic nitrogens is 4. The Morgan fingerprint density at radius 1 is 1.48 bits per heavy atom. The van der Waals surface area contributed by atoms with Crippen molar-refractivity contribution in [3.05, 3.63) is 17.7 Å². The van der Waals surface area contributed by atoms with Gasteiger partial charge in [0.2, 0.25) is 11.1 Å². The number of aromatic amines is 1. The van der Waals surface area contributed by atoms with Gasteiger partial charge in [-0.3, -0.25) is 9.89 Å². The van der Waals surface area contributed by atoms with E-state index in [9.17, 15) is 4.79 Å². The number of thioether (sulfide) groups is 1. The van der Waals surface area contributed by atoms with E-state index in [2.05, 4.69) is 25.7 Å². The Balaban J connectivity index is 1.40. The van der Waals surface area contributed by atoms with Gasteiger partial charge >= 0.3 is 0 Å². The van der Waals surface area contributed by atoms with Crippen LogP contribution in [0.15, 0.2) is 15.7 Å². The maximum absolute atomic E-state index is 11.8. The van der Waals surface area contributed by atoms with Gasteiger partial charge < -0.3 is 9.84 Å². The predicted molar refractivity (Wildman–Crippen MR) is 87.3 cm³/mol. The van der Waals surface area contributed by atoms with Crippen LogP contribution in [-0.4, -0.2) is 32.0 Å². The first-order valence-electron chi connectivity index (χ1n) is 7.96. The Kier molecular flexibility index (Phi) is 5.32. The highest BCUT2D eigenvalue weighted by Crippen LogP contribution is 2.28. The summed E-state index contributed by atoms with van der Waals surface area (Å²) in [4.78, 5) is 16.3. The first-order chi connectivity index (χ1) is 11.2. The van der Waals surface area contributed by atoms with Crippen LogP contribution < -0.4 is 5.32 Å². The third-order valence-electron chi connectivity index (χ3n) is 4.00. The highest BCUT2D eigenvalue weighted by molar-refractivity contribution is 7.99. The molecule has 0 aromatic carbocycles. The summed E-state index contributed by atoms with van der Waals surface area (Å²) in [6, 6.07) is 1.68. The van der Waals surface area contributed by atoms with Crippen LogP contribution in [0, 0.1) is 12.8 Å². The lowest BCUT2D eigenvalue weighted by Gasteiger charge is -2.05. The third-order valence-corrected chi connectivity index (χ3v) is 4.85. The number of carbonyl (C=O) groups excluding carboxylic acids is 1. The van der Waals surface area contributed by atoms with Crippen LogP contribution >= 0.6 is 11.8 Å². The van der Waals surface area contributed by atoms with Gasteiger partial charge in [-0.1, -0.05) is 42.6 Å². The molecule has 124 valence electrons. The van der Waals surface area contributed by atoms with Gasteiger partial charge in [0.15, 0.2) is 5.82 Å². The highest BCUT2D eigenvalue weighted by atomic mass is 32.2. The molecule has 2 N–H and O–H groups in total. The summed E-state index contributed by atoms with van der Waals surface area (Å²) in [6.45, 7) is 1.78. The summed E-state index contributed by atoms with van der Waals surface area (Å²) in [6.07, 6.45) is 7.52. The molecule has 0 spiro atoms. The van der Waals surface area contributed by atoms with Crippen LogP contribution in [0.4, 0.5) is 5.82 Å². The topological polar surface area (TPSA) is 96.7 Å². The Labute approximate surface area is 139 Å². The number of H-pyrrole nitrogens is 1. The molecule has 2 heterocycles. The van der Waals surface area contributed by atoms with Crippen molar-refractivity contribution in [2.75, 3.05) is 11.1 Å². The lowest BCUT2D eigenvalue weighted by Crippen LogP contribution is -2.14. The Hall–Kier alpha value is -1.83. The number of anilines is 1.